The Bertz CT molecular complexity index is 2040. The number of hydrogen-bond donors (Lipinski definition) is 7. The van der Waals surface area contributed by atoms with Crippen LogP contribution in [0.4, 0.5) is 22.7 Å². The van der Waals surface area contributed by atoms with Crippen molar-refractivity contribution in [1.29, 1.82) is 0 Å². The number of phenolic OH excluding ortho intramolecular Hbond substituents is 3. The summed E-state index contributed by atoms with van der Waals surface area (Å²) in [7, 11) is -13.6. The normalized spacial score (nSPS) is 12.7. The third-order valence-corrected chi connectivity index (χ3v) is 8.00. The Morgan fingerprint density at radius 1 is 0.625 bits per heavy atom. The standard InChI is InChI=1S/C22H18N4O11S3/c23-38(30,31)12-2-5-19(28)17(8-12)25-26-22-15(24-16-9-13(39(32,33)34)3-6-18(16)27)4-1-11-7-14(40(35,36)37)10-20(29)21(11)22/h1-10,24,27-29H,(H2,23,30,31)(H,32,33,34)(H,35,36,37). The largest absolute Gasteiger partial charge is 0.507 e. The van der Waals surface area contributed by atoms with Crippen LogP contribution < -0.4 is 10.5 Å². The molecule has 0 saturated heterocycles. The van der Waals surface area contributed by atoms with Crippen LogP contribution in [0.5, 0.6) is 17.2 Å². The van der Waals surface area contributed by atoms with Gasteiger partial charge in [0.05, 0.1) is 31.4 Å². The minimum absolute atomic E-state index is 0.0190. The van der Waals surface area contributed by atoms with E-state index in [1.165, 1.54) is 12.1 Å². The van der Waals surface area contributed by atoms with Crippen molar-refractivity contribution < 1.29 is 49.7 Å². The van der Waals surface area contributed by atoms with Crippen LogP contribution >= 0.6 is 0 Å². The monoisotopic (exact) mass is 610 g/mol. The number of benzene rings is 4. The van der Waals surface area contributed by atoms with Crippen molar-refractivity contribution in [3.05, 3.63) is 60.7 Å². The second kappa shape index (κ2) is 10.0. The summed E-state index contributed by atoms with van der Waals surface area (Å²) >= 11 is 0. The fourth-order valence-electron chi connectivity index (χ4n) is 3.54. The van der Waals surface area contributed by atoms with Crippen LogP contribution in [0, 0.1) is 0 Å². The highest BCUT2D eigenvalue weighted by atomic mass is 32.2. The summed E-state index contributed by atoms with van der Waals surface area (Å²) in [6.45, 7) is 0. The maximum atomic E-state index is 11.7. The molecule has 4 aromatic carbocycles. The highest BCUT2D eigenvalue weighted by Crippen LogP contribution is 2.44. The van der Waals surface area contributed by atoms with Gasteiger partial charge in [-0.2, -0.15) is 16.8 Å². The molecular weight excluding hydrogens is 592 g/mol. The van der Waals surface area contributed by atoms with E-state index < -0.39 is 62.2 Å². The van der Waals surface area contributed by atoms with Crippen LogP contribution in [0.25, 0.3) is 10.8 Å². The van der Waals surface area contributed by atoms with E-state index in [2.05, 4.69) is 15.5 Å². The number of fused-ring (bicyclic) bond motifs is 1. The first-order valence-corrected chi connectivity index (χ1v) is 15.0. The Balaban J connectivity index is 1.97. The van der Waals surface area contributed by atoms with Gasteiger partial charge >= 0.3 is 0 Å². The molecular formula is C22H18N4O11S3. The molecule has 0 spiro atoms. The first kappa shape index (κ1) is 28.7. The number of nitrogens with two attached hydrogens (primary N) is 1. The number of nitrogens with one attached hydrogen (secondary N) is 1. The van der Waals surface area contributed by atoms with Gasteiger partial charge in [0, 0.05) is 6.07 Å². The second-order valence-electron chi connectivity index (χ2n) is 8.15. The predicted molar refractivity (Wildman–Crippen MR) is 140 cm³/mol. The molecule has 0 aromatic heterocycles. The molecule has 0 aliphatic carbocycles. The third kappa shape index (κ3) is 5.96. The Kier molecular flexibility index (Phi) is 7.17. The molecule has 0 bridgehead atoms. The molecule has 15 nitrogen and oxygen atoms in total. The van der Waals surface area contributed by atoms with Gasteiger partial charge in [-0.05, 0) is 53.9 Å². The van der Waals surface area contributed by atoms with Gasteiger partial charge in [0.2, 0.25) is 10.0 Å². The molecule has 0 aliphatic rings. The molecule has 0 saturated carbocycles. The first-order chi connectivity index (χ1) is 18.4. The number of azo groups is 1. The lowest BCUT2D eigenvalue weighted by Crippen LogP contribution is -2.11. The van der Waals surface area contributed by atoms with Crippen LogP contribution in [0.3, 0.4) is 0 Å². The van der Waals surface area contributed by atoms with E-state index in [0.717, 1.165) is 48.5 Å². The summed E-state index contributed by atoms with van der Waals surface area (Å²) in [4.78, 5) is -1.65. The number of anilines is 2. The average Bonchev–Trinajstić information content (AvgIpc) is 2.83. The Morgan fingerprint density at radius 2 is 1.25 bits per heavy atom. The van der Waals surface area contributed by atoms with Gasteiger partial charge < -0.3 is 20.6 Å². The zero-order valence-electron chi connectivity index (χ0n) is 19.7. The Hall–Kier alpha value is -4.33. The van der Waals surface area contributed by atoms with Crippen molar-refractivity contribution >= 4 is 63.8 Å². The summed E-state index contributed by atoms with van der Waals surface area (Å²) in [5, 5.41) is 46.6. The molecule has 18 heteroatoms. The Morgan fingerprint density at radius 3 is 1.88 bits per heavy atom. The van der Waals surface area contributed by atoms with E-state index in [1.807, 2.05) is 0 Å². The van der Waals surface area contributed by atoms with Crippen molar-refractivity contribution in [1.82, 2.24) is 0 Å². The van der Waals surface area contributed by atoms with Crippen molar-refractivity contribution in [3.63, 3.8) is 0 Å². The van der Waals surface area contributed by atoms with Crippen molar-refractivity contribution in [2.45, 2.75) is 14.7 Å². The van der Waals surface area contributed by atoms with Gasteiger partial charge in [0.15, 0.2) is 0 Å². The van der Waals surface area contributed by atoms with E-state index in [4.69, 9.17) is 5.14 Å². The fraction of sp³-hybridized carbons (Fsp3) is 0. The molecule has 0 amide bonds. The molecule has 4 rings (SSSR count). The van der Waals surface area contributed by atoms with Gasteiger partial charge in [-0.1, -0.05) is 6.07 Å². The highest BCUT2D eigenvalue weighted by Gasteiger charge is 2.20. The van der Waals surface area contributed by atoms with E-state index in [-0.39, 0.29) is 33.5 Å². The van der Waals surface area contributed by atoms with Crippen molar-refractivity contribution in [2.75, 3.05) is 5.32 Å². The van der Waals surface area contributed by atoms with Crippen LogP contribution in [-0.2, 0) is 30.3 Å². The number of phenols is 3. The topological polar surface area (TPSA) is 266 Å². The van der Waals surface area contributed by atoms with Gasteiger partial charge in [-0.3, -0.25) is 9.11 Å². The van der Waals surface area contributed by atoms with E-state index in [0.29, 0.717) is 0 Å². The summed E-state index contributed by atoms with van der Waals surface area (Å²) in [5.74, 6) is -1.69. The molecule has 0 atom stereocenters. The SMILES string of the molecule is NS(=O)(=O)c1ccc(O)c(N=Nc2c(Nc3cc(S(=O)(=O)O)ccc3O)ccc3cc(S(=O)(=O)O)cc(O)c23)c1. The zero-order chi connectivity index (χ0) is 29.6. The maximum Gasteiger partial charge on any atom is 0.294 e. The van der Waals surface area contributed by atoms with Gasteiger partial charge in [0.1, 0.15) is 28.6 Å². The van der Waals surface area contributed by atoms with E-state index in [1.54, 1.807) is 0 Å². The number of hydrogen-bond acceptors (Lipinski definition) is 12. The van der Waals surface area contributed by atoms with Gasteiger partial charge in [-0.25, -0.2) is 13.6 Å². The summed E-state index contributed by atoms with van der Waals surface area (Å²) in [6.07, 6.45) is 0. The molecule has 0 radical (unpaired) electrons. The number of aromatic hydroxyl groups is 3. The smallest absolute Gasteiger partial charge is 0.294 e. The third-order valence-electron chi connectivity index (χ3n) is 5.41. The Labute approximate surface area is 226 Å². The van der Waals surface area contributed by atoms with Crippen molar-refractivity contribution in [2.24, 2.45) is 15.4 Å². The lowest BCUT2D eigenvalue weighted by Gasteiger charge is -2.14. The van der Waals surface area contributed by atoms with Crippen LogP contribution in [0.1, 0.15) is 0 Å². The quantitative estimate of drug-likeness (QED) is 0.0902. The second-order valence-corrected chi connectivity index (χ2v) is 12.6. The summed E-state index contributed by atoms with van der Waals surface area (Å²) < 4.78 is 88.6. The number of rotatable bonds is 7. The first-order valence-electron chi connectivity index (χ1n) is 10.6. The van der Waals surface area contributed by atoms with E-state index in [9.17, 15) is 49.7 Å². The molecule has 8 N–H and O–H groups in total. The van der Waals surface area contributed by atoms with E-state index >= 15 is 0 Å². The number of sulfonamides is 1. The summed E-state index contributed by atoms with van der Waals surface area (Å²) in [5.41, 5.74) is -0.969. The lowest BCUT2D eigenvalue weighted by atomic mass is 10.1. The maximum absolute atomic E-state index is 11.7. The number of primary sulfonamides is 1. The van der Waals surface area contributed by atoms with Crippen LogP contribution in [0.2, 0.25) is 0 Å². The average molecular weight is 611 g/mol. The molecule has 0 fully saturated rings. The minimum atomic E-state index is -4.74. The highest BCUT2D eigenvalue weighted by molar-refractivity contribution is 7.89. The van der Waals surface area contributed by atoms with Crippen LogP contribution in [-0.4, -0.2) is 49.7 Å². The molecule has 40 heavy (non-hydrogen) atoms. The molecule has 0 heterocycles. The molecule has 210 valence electrons. The molecule has 4 aromatic rings. The fourth-order valence-corrected chi connectivity index (χ4v) is 5.11. The summed E-state index contributed by atoms with van der Waals surface area (Å²) in [6, 6.07) is 9.98. The molecule has 0 unspecified atom stereocenters. The minimum Gasteiger partial charge on any atom is -0.507 e. The zero-order valence-corrected chi connectivity index (χ0v) is 22.1. The lowest BCUT2D eigenvalue weighted by molar-refractivity contribution is 0.470. The molecule has 0 aliphatic heterocycles. The predicted octanol–water partition coefficient (Wildman–Crippen LogP) is 3.26. The van der Waals surface area contributed by atoms with Gasteiger partial charge in [-0.15, -0.1) is 10.2 Å². The van der Waals surface area contributed by atoms with Crippen LogP contribution in [0.15, 0.2) is 85.6 Å². The number of nitrogens with zero attached hydrogens (tertiary/aromatic N) is 2. The van der Waals surface area contributed by atoms with Crippen molar-refractivity contribution in [3.8, 4) is 17.2 Å². The van der Waals surface area contributed by atoms with Gasteiger partial charge in [0.25, 0.3) is 20.2 Å².